The van der Waals surface area contributed by atoms with Gasteiger partial charge in [-0.05, 0) is 64.0 Å². The molecule has 1 aliphatic heterocycles. The number of anilines is 1. The summed E-state index contributed by atoms with van der Waals surface area (Å²) in [6.07, 6.45) is 3.78. The lowest BCUT2D eigenvalue weighted by molar-refractivity contribution is -0.119. The molecule has 0 spiro atoms. The van der Waals surface area contributed by atoms with Crippen molar-refractivity contribution in [1.82, 2.24) is 14.5 Å². The van der Waals surface area contributed by atoms with Crippen molar-refractivity contribution < 1.29 is 4.79 Å². The van der Waals surface area contributed by atoms with Crippen molar-refractivity contribution >= 4 is 22.6 Å². The van der Waals surface area contributed by atoms with Gasteiger partial charge in [-0.1, -0.05) is 36.8 Å². The number of imidazole rings is 1. The number of fused-ring (bicyclic) bond motifs is 1. The molecule has 1 atom stereocenters. The Morgan fingerprint density at radius 3 is 2.45 bits per heavy atom. The molecule has 29 heavy (non-hydrogen) atoms. The van der Waals surface area contributed by atoms with Gasteiger partial charge in [-0.25, -0.2) is 4.98 Å². The van der Waals surface area contributed by atoms with Crippen LogP contribution in [0.5, 0.6) is 0 Å². The number of aromatic nitrogens is 2. The van der Waals surface area contributed by atoms with Crippen LogP contribution >= 0.6 is 0 Å². The van der Waals surface area contributed by atoms with Gasteiger partial charge in [0.15, 0.2) is 0 Å². The zero-order valence-electron chi connectivity index (χ0n) is 17.4. The lowest BCUT2D eigenvalue weighted by Gasteiger charge is -2.32. The van der Waals surface area contributed by atoms with E-state index >= 15 is 0 Å². The van der Waals surface area contributed by atoms with E-state index in [0.717, 1.165) is 35.6 Å². The smallest absolute Gasteiger partial charge is 0.246 e. The van der Waals surface area contributed by atoms with Gasteiger partial charge < -0.3 is 9.47 Å². The fraction of sp³-hybridized carbons (Fsp3) is 0.417. The number of carbonyl (C=O) groups is 1. The maximum absolute atomic E-state index is 13.3. The molecule has 5 nitrogen and oxygen atoms in total. The van der Waals surface area contributed by atoms with Crippen LogP contribution in [-0.2, 0) is 11.3 Å². The van der Waals surface area contributed by atoms with E-state index in [0.29, 0.717) is 13.1 Å². The van der Waals surface area contributed by atoms with Gasteiger partial charge in [-0.2, -0.15) is 0 Å². The van der Waals surface area contributed by atoms with Crippen molar-refractivity contribution in [3.8, 4) is 0 Å². The number of likely N-dealkylation sites (tertiary alicyclic amines) is 1. The molecule has 4 rings (SSSR count). The Hall–Kier alpha value is -2.66. The molecule has 0 aliphatic carbocycles. The molecule has 152 valence electrons. The van der Waals surface area contributed by atoms with Crippen molar-refractivity contribution in [3.05, 3.63) is 60.4 Å². The number of rotatable bonds is 6. The van der Waals surface area contributed by atoms with E-state index in [1.54, 1.807) is 0 Å². The van der Waals surface area contributed by atoms with E-state index in [4.69, 9.17) is 4.98 Å². The third-order valence-corrected chi connectivity index (χ3v) is 5.97. The highest BCUT2D eigenvalue weighted by Crippen LogP contribution is 2.27. The van der Waals surface area contributed by atoms with Crippen LogP contribution in [-0.4, -0.2) is 40.0 Å². The molecule has 0 radical (unpaired) electrons. The Morgan fingerprint density at radius 2 is 1.72 bits per heavy atom. The highest BCUT2D eigenvalue weighted by atomic mass is 16.2. The van der Waals surface area contributed by atoms with Crippen LogP contribution in [0.2, 0.25) is 0 Å². The quantitative estimate of drug-likeness (QED) is 0.616. The van der Waals surface area contributed by atoms with E-state index in [2.05, 4.69) is 22.5 Å². The number of carbonyl (C=O) groups excluding carboxylic acids is 1. The summed E-state index contributed by atoms with van der Waals surface area (Å²) in [5, 5.41) is 0. The minimum absolute atomic E-state index is 0.0916. The molecule has 1 aromatic heterocycles. The molecule has 1 fully saturated rings. The van der Waals surface area contributed by atoms with Gasteiger partial charge in [0.1, 0.15) is 12.4 Å². The van der Waals surface area contributed by atoms with E-state index in [-0.39, 0.29) is 11.9 Å². The molecule has 3 aromatic rings. The molecular weight excluding hydrogens is 360 g/mol. The number of hydrogen-bond acceptors (Lipinski definition) is 3. The number of piperidine rings is 1. The monoisotopic (exact) mass is 390 g/mol. The van der Waals surface area contributed by atoms with Gasteiger partial charge in [-0.3, -0.25) is 9.69 Å². The molecule has 1 saturated heterocycles. The summed E-state index contributed by atoms with van der Waals surface area (Å²) in [4.78, 5) is 22.6. The summed E-state index contributed by atoms with van der Waals surface area (Å²) in [7, 11) is 0. The van der Waals surface area contributed by atoms with Gasteiger partial charge in [0.25, 0.3) is 0 Å². The molecule has 0 saturated carbocycles. The summed E-state index contributed by atoms with van der Waals surface area (Å²) in [5.41, 5.74) is 2.93. The molecule has 0 N–H and O–H groups in total. The number of hydrogen-bond donors (Lipinski definition) is 0. The summed E-state index contributed by atoms with van der Waals surface area (Å²) < 4.78 is 2.13. The maximum atomic E-state index is 13.3. The zero-order valence-corrected chi connectivity index (χ0v) is 17.4. The second-order valence-corrected chi connectivity index (χ2v) is 7.79. The van der Waals surface area contributed by atoms with Gasteiger partial charge in [-0.15, -0.1) is 0 Å². The first-order chi connectivity index (χ1) is 14.2. The Morgan fingerprint density at radius 1 is 1.03 bits per heavy atom. The summed E-state index contributed by atoms with van der Waals surface area (Å²) in [6, 6.07) is 18.2. The van der Waals surface area contributed by atoms with Crippen molar-refractivity contribution in [2.45, 2.75) is 45.7 Å². The van der Waals surface area contributed by atoms with E-state index in [1.807, 2.05) is 60.4 Å². The molecule has 2 heterocycles. The molecular formula is C24H30N4O. The highest BCUT2D eigenvalue weighted by Gasteiger charge is 2.25. The number of likely N-dealkylation sites (N-methyl/N-ethyl adjacent to an activating group) is 1. The standard InChI is InChI=1S/C24H30N4O/c1-3-27(20-12-6-4-7-13-20)23(29)18-28-22-15-9-8-14-21(22)25-24(28)19(2)26-16-10-5-11-17-26/h4,6-9,12-15,19H,3,5,10-11,16-18H2,1-2H3. The second kappa shape index (κ2) is 8.78. The van der Waals surface area contributed by atoms with Crippen LogP contribution in [0.4, 0.5) is 5.69 Å². The molecule has 0 bridgehead atoms. The fourth-order valence-corrected chi connectivity index (χ4v) is 4.38. The average molecular weight is 391 g/mol. The largest absolute Gasteiger partial charge is 0.317 e. The normalized spacial score (nSPS) is 16.1. The maximum Gasteiger partial charge on any atom is 0.246 e. The van der Waals surface area contributed by atoms with Crippen LogP contribution in [0, 0.1) is 0 Å². The third kappa shape index (κ3) is 4.06. The van der Waals surface area contributed by atoms with Crippen LogP contribution in [0.25, 0.3) is 11.0 Å². The first-order valence-electron chi connectivity index (χ1n) is 10.7. The summed E-state index contributed by atoms with van der Waals surface area (Å²) in [5.74, 6) is 1.08. The lowest BCUT2D eigenvalue weighted by atomic mass is 10.1. The zero-order chi connectivity index (χ0) is 20.2. The fourth-order valence-electron chi connectivity index (χ4n) is 4.38. The Labute approximate surface area is 172 Å². The number of nitrogens with zero attached hydrogens (tertiary/aromatic N) is 4. The average Bonchev–Trinajstić information content (AvgIpc) is 3.13. The molecule has 1 aliphatic rings. The first kappa shape index (κ1) is 19.6. The molecule has 5 heteroatoms. The van der Waals surface area contributed by atoms with E-state index in [1.165, 1.54) is 19.3 Å². The Balaban J connectivity index is 1.67. The van der Waals surface area contributed by atoms with Crippen LogP contribution in [0.3, 0.4) is 0 Å². The predicted octanol–water partition coefficient (Wildman–Crippen LogP) is 4.64. The minimum Gasteiger partial charge on any atom is -0.317 e. The predicted molar refractivity (Wildman–Crippen MR) is 118 cm³/mol. The molecule has 1 unspecified atom stereocenters. The SMILES string of the molecule is CCN(C(=O)Cn1c(C(C)N2CCCCC2)nc2ccccc21)c1ccccc1. The Bertz CT molecular complexity index is 959. The summed E-state index contributed by atoms with van der Waals surface area (Å²) >= 11 is 0. The van der Waals surface area contributed by atoms with Crippen LogP contribution in [0.15, 0.2) is 54.6 Å². The topological polar surface area (TPSA) is 41.4 Å². The van der Waals surface area contributed by atoms with Crippen molar-refractivity contribution in [2.75, 3.05) is 24.5 Å². The van der Waals surface area contributed by atoms with Crippen molar-refractivity contribution in [3.63, 3.8) is 0 Å². The summed E-state index contributed by atoms with van der Waals surface area (Å²) in [6.45, 7) is 7.40. The first-order valence-corrected chi connectivity index (χ1v) is 10.7. The molecule has 1 amide bonds. The molecule has 2 aromatic carbocycles. The van der Waals surface area contributed by atoms with Crippen LogP contribution < -0.4 is 4.90 Å². The number of para-hydroxylation sites is 3. The van der Waals surface area contributed by atoms with Gasteiger partial charge >= 0.3 is 0 Å². The van der Waals surface area contributed by atoms with Gasteiger partial charge in [0.2, 0.25) is 5.91 Å². The Kier molecular flexibility index (Phi) is 5.95. The van der Waals surface area contributed by atoms with Gasteiger partial charge in [0, 0.05) is 12.2 Å². The minimum atomic E-state index is 0.0916. The van der Waals surface area contributed by atoms with E-state index < -0.39 is 0 Å². The number of benzene rings is 2. The van der Waals surface area contributed by atoms with Gasteiger partial charge in [0.05, 0.1) is 17.1 Å². The third-order valence-electron chi connectivity index (χ3n) is 5.97. The van der Waals surface area contributed by atoms with Crippen molar-refractivity contribution in [1.29, 1.82) is 0 Å². The highest BCUT2D eigenvalue weighted by molar-refractivity contribution is 5.94. The van der Waals surface area contributed by atoms with Crippen LogP contribution in [0.1, 0.15) is 45.0 Å². The number of amides is 1. The van der Waals surface area contributed by atoms with Crippen molar-refractivity contribution in [2.24, 2.45) is 0 Å². The second-order valence-electron chi connectivity index (χ2n) is 7.79. The lowest BCUT2D eigenvalue weighted by Crippen LogP contribution is -2.36. The van der Waals surface area contributed by atoms with E-state index in [9.17, 15) is 4.79 Å².